The zero-order valence-corrected chi connectivity index (χ0v) is 23.2. The maximum atomic E-state index is 11.6. The molecule has 2 rings (SSSR count). The topological polar surface area (TPSA) is 149 Å². The molecule has 0 fully saturated rings. The number of hydrogen-bond donors (Lipinski definition) is 4. The summed E-state index contributed by atoms with van der Waals surface area (Å²) in [4.78, 5) is 45.8. The van der Waals surface area contributed by atoms with Crippen molar-refractivity contribution in [3.05, 3.63) is 58.7 Å². The van der Waals surface area contributed by atoms with Crippen molar-refractivity contribution < 1.29 is 39.6 Å². The predicted octanol–water partition coefficient (Wildman–Crippen LogP) is 7.76. The number of aromatic carboxylic acids is 4. The minimum Gasteiger partial charge on any atom is -0.478 e. The Morgan fingerprint density at radius 1 is 0.605 bits per heavy atom. The monoisotopic (exact) mass is 570 g/mol. The van der Waals surface area contributed by atoms with Gasteiger partial charge in [0.25, 0.3) is 0 Å². The summed E-state index contributed by atoms with van der Waals surface area (Å²) in [5.41, 5.74) is -3.68. The van der Waals surface area contributed by atoms with E-state index in [4.69, 9.17) is 23.2 Å². The van der Waals surface area contributed by atoms with Crippen LogP contribution in [-0.2, 0) is 0 Å². The number of halogens is 2. The van der Waals surface area contributed by atoms with Gasteiger partial charge in [-0.15, -0.1) is 23.2 Å². The van der Waals surface area contributed by atoms with Crippen molar-refractivity contribution >= 4 is 47.1 Å². The SMILES string of the molecule is CCCCCCCCl.CCCCCCl.O=C(O)c1cc(-c2ccccc2)c(C(=O)O)c(C(=O)O)c1C(=O)O. The normalized spacial score (nSPS) is 9.89. The Kier molecular flexibility index (Phi) is 18.3. The van der Waals surface area contributed by atoms with E-state index in [1.807, 2.05) is 0 Å². The average Bonchev–Trinajstić information content (AvgIpc) is 2.89. The molecule has 0 amide bonds. The van der Waals surface area contributed by atoms with E-state index in [1.54, 1.807) is 18.2 Å². The maximum absolute atomic E-state index is 11.6. The van der Waals surface area contributed by atoms with E-state index in [2.05, 4.69) is 13.8 Å². The second kappa shape index (κ2) is 19.9. The number of carboxylic acids is 4. The average molecular weight is 571 g/mol. The van der Waals surface area contributed by atoms with Crippen LogP contribution in [0.3, 0.4) is 0 Å². The summed E-state index contributed by atoms with van der Waals surface area (Å²) in [6, 6.07) is 8.50. The fourth-order valence-corrected chi connectivity index (χ4v) is 3.78. The Labute approximate surface area is 233 Å². The second-order valence-corrected chi connectivity index (χ2v) is 8.94. The fraction of sp³-hybridized carbons (Fsp3) is 0.429. The third-order valence-electron chi connectivity index (χ3n) is 5.26. The van der Waals surface area contributed by atoms with Crippen molar-refractivity contribution in [3.63, 3.8) is 0 Å². The number of benzene rings is 2. The molecule has 8 nitrogen and oxygen atoms in total. The van der Waals surface area contributed by atoms with Gasteiger partial charge in [-0.3, -0.25) is 0 Å². The van der Waals surface area contributed by atoms with Gasteiger partial charge < -0.3 is 20.4 Å². The predicted molar refractivity (Wildman–Crippen MR) is 149 cm³/mol. The highest BCUT2D eigenvalue weighted by molar-refractivity contribution is 6.18. The molecule has 38 heavy (non-hydrogen) atoms. The summed E-state index contributed by atoms with van der Waals surface area (Å²) >= 11 is 10.9. The molecule has 2 aromatic carbocycles. The molecule has 0 aliphatic heterocycles. The molecule has 0 aliphatic carbocycles. The van der Waals surface area contributed by atoms with Crippen molar-refractivity contribution in [3.8, 4) is 11.1 Å². The maximum Gasteiger partial charge on any atom is 0.337 e. The molecule has 2 aromatic rings. The van der Waals surface area contributed by atoms with Crippen LogP contribution >= 0.6 is 23.2 Å². The minimum absolute atomic E-state index is 0.192. The second-order valence-electron chi connectivity index (χ2n) is 8.18. The molecule has 0 bridgehead atoms. The van der Waals surface area contributed by atoms with Gasteiger partial charge in [-0.2, -0.15) is 0 Å². The highest BCUT2D eigenvalue weighted by atomic mass is 35.5. The Morgan fingerprint density at radius 3 is 1.45 bits per heavy atom. The van der Waals surface area contributed by atoms with E-state index in [1.165, 1.54) is 63.5 Å². The first kappa shape index (κ1) is 34.9. The zero-order valence-electron chi connectivity index (χ0n) is 21.7. The van der Waals surface area contributed by atoms with Crippen LogP contribution in [0.15, 0.2) is 36.4 Å². The summed E-state index contributed by atoms with van der Waals surface area (Å²) in [5.74, 6) is -5.37. The summed E-state index contributed by atoms with van der Waals surface area (Å²) in [6.07, 6.45) is 10.3. The molecule has 0 unspecified atom stereocenters. The molecule has 0 aromatic heterocycles. The van der Waals surface area contributed by atoms with E-state index in [9.17, 15) is 39.6 Å². The molecule has 4 N–H and O–H groups in total. The lowest BCUT2D eigenvalue weighted by atomic mass is 9.88. The molecular formula is C28H36Cl2O8. The van der Waals surface area contributed by atoms with Crippen LogP contribution in [-0.4, -0.2) is 56.1 Å². The van der Waals surface area contributed by atoms with Gasteiger partial charge in [-0.05, 0) is 30.0 Å². The van der Waals surface area contributed by atoms with Crippen molar-refractivity contribution in [2.45, 2.75) is 65.2 Å². The third kappa shape index (κ3) is 12.0. The van der Waals surface area contributed by atoms with Gasteiger partial charge in [0.05, 0.1) is 22.3 Å². The van der Waals surface area contributed by atoms with Gasteiger partial charge in [0.15, 0.2) is 0 Å². The number of unbranched alkanes of at least 4 members (excludes halogenated alkanes) is 6. The standard InChI is InChI=1S/C16H10O8.C7H15Cl.C5H11Cl/c17-13(18)9-6-8(7-4-2-1-3-5-7)10(14(19)20)12(16(23)24)11(9)15(21)22;1-2-3-4-5-6-7-8;1-2-3-4-5-6/h1-6H,(H,17,18)(H,19,20)(H,21,22)(H,23,24);2-7H2,1H3;2-5H2,1H3. The lowest BCUT2D eigenvalue weighted by molar-refractivity contribution is 0.0620. The molecule has 0 heterocycles. The first-order chi connectivity index (χ1) is 18.1. The number of carboxylic acid groups (broad SMARTS) is 4. The molecule has 0 radical (unpaired) electrons. The number of rotatable bonds is 13. The summed E-state index contributed by atoms with van der Waals surface area (Å²) in [6.45, 7) is 4.40. The van der Waals surface area contributed by atoms with Crippen LogP contribution in [0.2, 0.25) is 0 Å². The number of alkyl halides is 2. The third-order valence-corrected chi connectivity index (χ3v) is 5.79. The van der Waals surface area contributed by atoms with Gasteiger partial charge in [-0.1, -0.05) is 82.7 Å². The molecule has 0 atom stereocenters. The fourth-order valence-electron chi connectivity index (χ4n) is 3.40. The number of carbonyl (C=O) groups is 4. The van der Waals surface area contributed by atoms with E-state index >= 15 is 0 Å². The smallest absolute Gasteiger partial charge is 0.337 e. The summed E-state index contributed by atoms with van der Waals surface area (Å²) < 4.78 is 0. The largest absolute Gasteiger partial charge is 0.478 e. The first-order valence-corrected chi connectivity index (χ1v) is 13.5. The van der Waals surface area contributed by atoms with Crippen molar-refractivity contribution in [1.82, 2.24) is 0 Å². The first-order valence-electron chi connectivity index (χ1n) is 12.4. The van der Waals surface area contributed by atoms with Crippen molar-refractivity contribution in [1.29, 1.82) is 0 Å². The van der Waals surface area contributed by atoms with Crippen molar-refractivity contribution in [2.75, 3.05) is 11.8 Å². The lowest BCUT2D eigenvalue weighted by Gasteiger charge is -2.14. The molecule has 0 saturated carbocycles. The van der Waals surface area contributed by atoms with Crippen LogP contribution in [0.4, 0.5) is 0 Å². The molecular weight excluding hydrogens is 535 g/mol. The van der Waals surface area contributed by atoms with E-state index in [0.29, 0.717) is 0 Å². The van der Waals surface area contributed by atoms with E-state index in [-0.39, 0.29) is 11.1 Å². The number of hydrogen-bond acceptors (Lipinski definition) is 4. The van der Waals surface area contributed by atoms with Gasteiger partial charge in [0.2, 0.25) is 0 Å². The molecule has 210 valence electrons. The van der Waals surface area contributed by atoms with Crippen LogP contribution in [0, 0.1) is 0 Å². The van der Waals surface area contributed by atoms with Crippen LogP contribution < -0.4 is 0 Å². The molecule has 0 spiro atoms. The summed E-state index contributed by atoms with van der Waals surface area (Å²) in [7, 11) is 0. The zero-order chi connectivity index (χ0) is 29.1. The molecule has 0 saturated heterocycles. The Balaban J connectivity index is 0.000000805. The Bertz CT molecular complexity index is 1030. The highest BCUT2D eigenvalue weighted by Gasteiger charge is 2.32. The van der Waals surface area contributed by atoms with E-state index < -0.39 is 46.1 Å². The van der Waals surface area contributed by atoms with Gasteiger partial charge >= 0.3 is 23.9 Å². The lowest BCUT2D eigenvalue weighted by Crippen LogP contribution is -2.20. The summed E-state index contributed by atoms with van der Waals surface area (Å²) in [5, 5.41) is 37.1. The van der Waals surface area contributed by atoms with Crippen molar-refractivity contribution in [2.24, 2.45) is 0 Å². The molecule has 0 aliphatic rings. The van der Waals surface area contributed by atoms with Gasteiger partial charge in [0.1, 0.15) is 0 Å². The minimum atomic E-state index is -1.84. The van der Waals surface area contributed by atoms with Crippen LogP contribution in [0.1, 0.15) is 107 Å². The quantitative estimate of drug-likeness (QED) is 0.141. The molecule has 10 heteroatoms. The van der Waals surface area contributed by atoms with E-state index in [0.717, 1.165) is 17.8 Å². The highest BCUT2D eigenvalue weighted by Crippen LogP contribution is 2.32. The van der Waals surface area contributed by atoms with Gasteiger partial charge in [0, 0.05) is 11.8 Å². The van der Waals surface area contributed by atoms with Crippen LogP contribution in [0.25, 0.3) is 11.1 Å². The Morgan fingerprint density at radius 2 is 1.05 bits per heavy atom. The van der Waals surface area contributed by atoms with Crippen LogP contribution in [0.5, 0.6) is 0 Å². The Hall–Kier alpha value is -3.10. The van der Waals surface area contributed by atoms with Gasteiger partial charge in [-0.25, -0.2) is 19.2 Å².